The van der Waals surface area contributed by atoms with Gasteiger partial charge in [-0.1, -0.05) is 31.2 Å². The van der Waals surface area contributed by atoms with E-state index in [4.69, 9.17) is 10.5 Å². The summed E-state index contributed by atoms with van der Waals surface area (Å²) in [5.74, 6) is 0.826. The van der Waals surface area contributed by atoms with Gasteiger partial charge in [0.1, 0.15) is 0 Å². The molecule has 1 aliphatic carbocycles. The van der Waals surface area contributed by atoms with Crippen molar-refractivity contribution in [3.63, 3.8) is 0 Å². The average molecular weight is 274 g/mol. The quantitative estimate of drug-likeness (QED) is 0.897. The first-order valence-corrected chi connectivity index (χ1v) is 7.97. The standard InChI is InChI=1S/C17H26N2O/c1-2-16-12-20-10-9-19(16)17(11-18)15-7-5-14(6-8-15)13-3-4-13/h5-8,13,16-17H,2-4,9-12,18H2,1H3. The summed E-state index contributed by atoms with van der Waals surface area (Å²) in [5, 5.41) is 0. The van der Waals surface area contributed by atoms with Gasteiger partial charge in [-0.05, 0) is 36.3 Å². The van der Waals surface area contributed by atoms with E-state index in [0.29, 0.717) is 18.6 Å². The molecule has 1 heterocycles. The second-order valence-corrected chi connectivity index (χ2v) is 6.07. The van der Waals surface area contributed by atoms with E-state index in [0.717, 1.165) is 32.1 Å². The van der Waals surface area contributed by atoms with E-state index in [1.165, 1.54) is 24.0 Å². The highest BCUT2D eigenvalue weighted by Crippen LogP contribution is 2.40. The summed E-state index contributed by atoms with van der Waals surface area (Å²) in [4.78, 5) is 2.54. The van der Waals surface area contributed by atoms with E-state index in [2.05, 4.69) is 36.1 Å². The maximum atomic E-state index is 6.08. The van der Waals surface area contributed by atoms with Crippen molar-refractivity contribution in [3.05, 3.63) is 35.4 Å². The minimum atomic E-state index is 0.331. The Morgan fingerprint density at radius 2 is 2.05 bits per heavy atom. The van der Waals surface area contributed by atoms with E-state index in [-0.39, 0.29) is 0 Å². The minimum Gasteiger partial charge on any atom is -0.378 e. The predicted octanol–water partition coefficient (Wildman–Crippen LogP) is 2.67. The molecular weight excluding hydrogens is 248 g/mol. The van der Waals surface area contributed by atoms with Gasteiger partial charge in [-0.15, -0.1) is 0 Å². The highest BCUT2D eigenvalue weighted by atomic mass is 16.5. The maximum absolute atomic E-state index is 6.08. The van der Waals surface area contributed by atoms with Crippen LogP contribution in [0.5, 0.6) is 0 Å². The molecule has 110 valence electrons. The third-order valence-electron chi connectivity index (χ3n) is 4.74. The molecule has 0 radical (unpaired) electrons. The molecule has 0 amide bonds. The largest absolute Gasteiger partial charge is 0.378 e. The van der Waals surface area contributed by atoms with Gasteiger partial charge >= 0.3 is 0 Å². The number of nitrogens with zero attached hydrogens (tertiary/aromatic N) is 1. The topological polar surface area (TPSA) is 38.5 Å². The van der Waals surface area contributed by atoms with Crippen molar-refractivity contribution >= 4 is 0 Å². The minimum absolute atomic E-state index is 0.331. The Balaban J connectivity index is 1.76. The summed E-state index contributed by atoms with van der Waals surface area (Å²) in [6, 6.07) is 10.0. The van der Waals surface area contributed by atoms with Crippen molar-refractivity contribution in [2.24, 2.45) is 5.73 Å². The van der Waals surface area contributed by atoms with E-state index >= 15 is 0 Å². The Hall–Kier alpha value is -0.900. The summed E-state index contributed by atoms with van der Waals surface area (Å²) >= 11 is 0. The SMILES string of the molecule is CCC1COCCN1C(CN)c1ccc(C2CC2)cc1. The molecule has 2 aliphatic rings. The molecule has 0 aromatic heterocycles. The zero-order valence-electron chi connectivity index (χ0n) is 12.4. The van der Waals surface area contributed by atoms with E-state index in [9.17, 15) is 0 Å². The molecule has 2 unspecified atom stereocenters. The molecule has 2 atom stereocenters. The van der Waals surface area contributed by atoms with Gasteiger partial charge in [-0.3, -0.25) is 4.90 Å². The fourth-order valence-corrected chi connectivity index (χ4v) is 3.30. The summed E-state index contributed by atoms with van der Waals surface area (Å²) in [5.41, 5.74) is 8.94. The number of ether oxygens (including phenoxy) is 1. The van der Waals surface area contributed by atoms with Gasteiger partial charge in [0, 0.05) is 25.2 Å². The lowest BCUT2D eigenvalue weighted by Crippen LogP contribution is -2.48. The van der Waals surface area contributed by atoms with Crippen molar-refractivity contribution in [1.82, 2.24) is 4.90 Å². The normalized spacial score (nSPS) is 25.6. The Kier molecular flexibility index (Phi) is 4.39. The third-order valence-corrected chi connectivity index (χ3v) is 4.74. The molecule has 1 aromatic carbocycles. The Bertz CT molecular complexity index is 427. The lowest BCUT2D eigenvalue weighted by atomic mass is 9.99. The molecule has 20 heavy (non-hydrogen) atoms. The number of hydrogen-bond donors (Lipinski definition) is 1. The number of morpholine rings is 1. The third kappa shape index (κ3) is 2.90. The van der Waals surface area contributed by atoms with Gasteiger partial charge in [0.05, 0.1) is 13.2 Å². The van der Waals surface area contributed by atoms with Crippen LogP contribution in [0.3, 0.4) is 0 Å². The summed E-state index contributed by atoms with van der Waals surface area (Å²) in [7, 11) is 0. The zero-order chi connectivity index (χ0) is 13.9. The second kappa shape index (κ2) is 6.25. The predicted molar refractivity (Wildman–Crippen MR) is 81.8 cm³/mol. The van der Waals surface area contributed by atoms with Crippen LogP contribution in [0.1, 0.15) is 49.3 Å². The van der Waals surface area contributed by atoms with Gasteiger partial charge in [0.25, 0.3) is 0 Å². The second-order valence-electron chi connectivity index (χ2n) is 6.07. The van der Waals surface area contributed by atoms with Crippen LogP contribution in [0.2, 0.25) is 0 Å². The van der Waals surface area contributed by atoms with E-state index < -0.39 is 0 Å². The monoisotopic (exact) mass is 274 g/mol. The first-order valence-electron chi connectivity index (χ1n) is 7.97. The number of benzene rings is 1. The number of nitrogens with two attached hydrogens (primary N) is 1. The first kappa shape index (κ1) is 14.1. The molecule has 2 fully saturated rings. The molecule has 3 rings (SSSR count). The van der Waals surface area contributed by atoms with Crippen LogP contribution in [0.25, 0.3) is 0 Å². The van der Waals surface area contributed by atoms with Crippen LogP contribution in [0.4, 0.5) is 0 Å². The molecule has 0 spiro atoms. The molecule has 1 aliphatic heterocycles. The van der Waals surface area contributed by atoms with Crippen LogP contribution >= 0.6 is 0 Å². The zero-order valence-corrected chi connectivity index (χ0v) is 12.4. The van der Waals surface area contributed by atoms with Crippen molar-refractivity contribution in [1.29, 1.82) is 0 Å². The Labute approximate surface area is 122 Å². The average Bonchev–Trinajstić information content (AvgIpc) is 3.34. The summed E-state index contributed by atoms with van der Waals surface area (Å²) in [6.45, 7) is 5.57. The highest BCUT2D eigenvalue weighted by molar-refractivity contribution is 5.30. The lowest BCUT2D eigenvalue weighted by Gasteiger charge is -2.40. The lowest BCUT2D eigenvalue weighted by molar-refractivity contribution is -0.0291. The van der Waals surface area contributed by atoms with Crippen molar-refractivity contribution in [2.75, 3.05) is 26.3 Å². The molecule has 1 aromatic rings. The molecule has 1 saturated carbocycles. The van der Waals surface area contributed by atoms with Crippen LogP contribution in [-0.2, 0) is 4.74 Å². The Morgan fingerprint density at radius 1 is 1.30 bits per heavy atom. The van der Waals surface area contributed by atoms with Gasteiger partial charge in [0.2, 0.25) is 0 Å². The van der Waals surface area contributed by atoms with E-state index in [1.54, 1.807) is 0 Å². The van der Waals surface area contributed by atoms with Crippen molar-refractivity contribution < 1.29 is 4.74 Å². The van der Waals surface area contributed by atoms with Crippen LogP contribution in [-0.4, -0.2) is 37.2 Å². The molecule has 2 N–H and O–H groups in total. The van der Waals surface area contributed by atoms with Gasteiger partial charge in [-0.25, -0.2) is 0 Å². The molecule has 1 saturated heterocycles. The molecule has 3 nitrogen and oxygen atoms in total. The first-order chi connectivity index (χ1) is 9.83. The maximum Gasteiger partial charge on any atom is 0.0622 e. The highest BCUT2D eigenvalue weighted by Gasteiger charge is 2.29. The number of hydrogen-bond acceptors (Lipinski definition) is 3. The van der Waals surface area contributed by atoms with E-state index in [1.807, 2.05) is 0 Å². The molecule has 3 heteroatoms. The van der Waals surface area contributed by atoms with Gasteiger partial charge in [-0.2, -0.15) is 0 Å². The summed E-state index contributed by atoms with van der Waals surface area (Å²) in [6.07, 6.45) is 3.85. The Morgan fingerprint density at radius 3 is 2.65 bits per heavy atom. The van der Waals surface area contributed by atoms with Crippen molar-refractivity contribution in [2.45, 2.75) is 44.2 Å². The molecule has 0 bridgehead atoms. The van der Waals surface area contributed by atoms with Gasteiger partial charge in [0.15, 0.2) is 0 Å². The molecular formula is C17H26N2O. The van der Waals surface area contributed by atoms with Crippen LogP contribution in [0, 0.1) is 0 Å². The summed E-state index contributed by atoms with van der Waals surface area (Å²) < 4.78 is 5.61. The fraction of sp³-hybridized carbons (Fsp3) is 0.647. The van der Waals surface area contributed by atoms with Gasteiger partial charge < -0.3 is 10.5 Å². The number of rotatable bonds is 5. The van der Waals surface area contributed by atoms with Crippen molar-refractivity contribution in [3.8, 4) is 0 Å². The van der Waals surface area contributed by atoms with Crippen LogP contribution < -0.4 is 5.73 Å². The fourth-order valence-electron chi connectivity index (χ4n) is 3.30. The van der Waals surface area contributed by atoms with Crippen LogP contribution in [0.15, 0.2) is 24.3 Å². The smallest absolute Gasteiger partial charge is 0.0622 e.